The minimum atomic E-state index is -1.58. The van der Waals surface area contributed by atoms with Crippen molar-refractivity contribution in [3.8, 4) is 6.07 Å². The second kappa shape index (κ2) is 5.68. The highest BCUT2D eigenvalue weighted by Crippen LogP contribution is 2.36. The van der Waals surface area contributed by atoms with Gasteiger partial charge in [0.15, 0.2) is 0 Å². The van der Waals surface area contributed by atoms with E-state index in [9.17, 15) is 0 Å². The van der Waals surface area contributed by atoms with Crippen LogP contribution in [0.15, 0.2) is 36.4 Å². The quantitative estimate of drug-likeness (QED) is 0.689. The van der Waals surface area contributed by atoms with E-state index in [-0.39, 0.29) is 5.92 Å². The molecule has 1 saturated carbocycles. The SMILES string of the molecule is [2H]C1([2H])C[C@H](c2ccc(C#N)cc2)CC([2H])([2H])[C@H]1/C=C/C. The highest BCUT2D eigenvalue weighted by atomic mass is 14.3. The molecule has 1 nitrogen and oxygen atoms in total. The number of rotatable bonds is 2. The second-order valence-corrected chi connectivity index (χ2v) is 4.25. The molecule has 0 unspecified atom stereocenters. The van der Waals surface area contributed by atoms with Crippen molar-refractivity contribution in [2.75, 3.05) is 0 Å². The minimum absolute atomic E-state index is 0.163. The largest absolute Gasteiger partial charge is 0.192 e. The molecule has 1 fully saturated rings. The Morgan fingerprint density at radius 2 is 1.94 bits per heavy atom. The van der Waals surface area contributed by atoms with Crippen molar-refractivity contribution in [1.29, 1.82) is 5.26 Å². The van der Waals surface area contributed by atoms with Gasteiger partial charge >= 0.3 is 0 Å². The normalized spacial score (nSPS) is 34.1. The smallest absolute Gasteiger partial charge is 0.0991 e. The van der Waals surface area contributed by atoms with Crippen LogP contribution in [0, 0.1) is 17.2 Å². The molecule has 17 heavy (non-hydrogen) atoms. The average molecular weight is 229 g/mol. The van der Waals surface area contributed by atoms with E-state index in [1.807, 2.05) is 12.1 Å². The Balaban J connectivity index is 2.30. The fraction of sp³-hybridized carbons (Fsp3) is 0.438. The zero-order valence-corrected chi connectivity index (χ0v) is 9.98. The van der Waals surface area contributed by atoms with Crippen LogP contribution in [0.3, 0.4) is 0 Å². The lowest BCUT2D eigenvalue weighted by molar-refractivity contribution is 0.375. The van der Waals surface area contributed by atoms with Gasteiger partial charge in [-0.15, -0.1) is 0 Å². The number of benzene rings is 1. The Morgan fingerprint density at radius 1 is 1.29 bits per heavy atom. The summed E-state index contributed by atoms with van der Waals surface area (Å²) in [4.78, 5) is 0. The van der Waals surface area contributed by atoms with Crippen LogP contribution in [0.5, 0.6) is 0 Å². The first-order chi connectivity index (χ1) is 9.80. The molecule has 0 saturated heterocycles. The standard InChI is InChI=1S/C16H19N/c1-2-3-13-4-8-15(9-5-13)16-10-6-14(12-17)7-11-16/h2-3,6-7,10-11,13,15H,4-5,8-9H2,1H3/b3-2+/t13-,15-/i4D2,5D2. The molecule has 0 amide bonds. The third-order valence-corrected chi connectivity index (χ3v) is 3.06. The summed E-state index contributed by atoms with van der Waals surface area (Å²) in [5, 5.41) is 8.82. The maximum Gasteiger partial charge on any atom is 0.0991 e. The minimum Gasteiger partial charge on any atom is -0.192 e. The van der Waals surface area contributed by atoms with E-state index in [4.69, 9.17) is 10.7 Å². The number of nitriles is 1. The van der Waals surface area contributed by atoms with Gasteiger partial charge in [-0.05, 0) is 62.0 Å². The highest BCUT2D eigenvalue weighted by Gasteiger charge is 2.20. The molecule has 0 radical (unpaired) electrons. The molecule has 1 aliphatic rings. The number of nitrogens with zero attached hydrogens (tertiary/aromatic N) is 1. The molecular weight excluding hydrogens is 206 g/mol. The van der Waals surface area contributed by atoms with Crippen LogP contribution >= 0.6 is 0 Å². The third-order valence-electron chi connectivity index (χ3n) is 3.06. The van der Waals surface area contributed by atoms with Crippen molar-refractivity contribution in [3.63, 3.8) is 0 Å². The summed E-state index contributed by atoms with van der Waals surface area (Å²) >= 11 is 0. The molecular formula is C16H19N. The van der Waals surface area contributed by atoms with Crippen molar-refractivity contribution >= 4 is 0 Å². The van der Waals surface area contributed by atoms with Crippen LogP contribution < -0.4 is 0 Å². The monoisotopic (exact) mass is 229 g/mol. The van der Waals surface area contributed by atoms with E-state index >= 15 is 0 Å². The Kier molecular flexibility index (Phi) is 2.58. The van der Waals surface area contributed by atoms with E-state index in [1.54, 1.807) is 31.2 Å². The predicted molar refractivity (Wildman–Crippen MR) is 70.7 cm³/mol. The molecule has 1 aliphatic carbocycles. The van der Waals surface area contributed by atoms with Gasteiger partial charge in [0, 0.05) is 5.48 Å². The summed E-state index contributed by atoms with van der Waals surface area (Å²) < 4.78 is 32.9. The first-order valence-corrected chi connectivity index (χ1v) is 5.93. The Bertz CT molecular complexity index is 551. The fourth-order valence-electron chi connectivity index (χ4n) is 2.08. The molecule has 0 heterocycles. The van der Waals surface area contributed by atoms with Gasteiger partial charge in [0.25, 0.3) is 0 Å². The first-order valence-electron chi connectivity index (χ1n) is 7.93. The molecule has 2 rings (SSSR count). The molecule has 0 N–H and O–H groups in total. The summed E-state index contributed by atoms with van der Waals surface area (Å²) in [6.45, 7) is 1.79. The molecule has 1 aromatic carbocycles. The molecule has 1 aromatic rings. The van der Waals surface area contributed by atoms with Gasteiger partial charge < -0.3 is 0 Å². The average Bonchev–Trinajstić information content (AvgIpc) is 2.42. The van der Waals surface area contributed by atoms with Crippen molar-refractivity contribution in [1.82, 2.24) is 0 Å². The van der Waals surface area contributed by atoms with Crippen LogP contribution in [-0.2, 0) is 0 Å². The lowest BCUT2D eigenvalue weighted by Gasteiger charge is -2.27. The lowest BCUT2D eigenvalue weighted by atomic mass is 9.78. The molecule has 0 aliphatic heterocycles. The topological polar surface area (TPSA) is 23.8 Å². The summed E-state index contributed by atoms with van der Waals surface area (Å²) in [6, 6.07) is 9.09. The summed E-state index contributed by atoms with van der Waals surface area (Å²) in [7, 11) is 0. The predicted octanol–water partition coefficient (Wildman–Crippen LogP) is 4.41. The Labute approximate surface area is 109 Å². The highest BCUT2D eigenvalue weighted by molar-refractivity contribution is 5.33. The van der Waals surface area contributed by atoms with Crippen molar-refractivity contribution in [3.05, 3.63) is 47.5 Å². The number of allylic oxidation sites excluding steroid dienone is 2. The zero-order chi connectivity index (χ0) is 15.7. The van der Waals surface area contributed by atoms with Crippen molar-refractivity contribution < 1.29 is 5.48 Å². The van der Waals surface area contributed by atoms with E-state index in [1.165, 1.54) is 0 Å². The lowest BCUT2D eigenvalue weighted by Crippen LogP contribution is -2.11. The number of hydrogen-bond donors (Lipinski definition) is 0. The van der Waals surface area contributed by atoms with E-state index in [0.29, 0.717) is 18.4 Å². The molecule has 0 atom stereocenters. The van der Waals surface area contributed by atoms with Crippen LogP contribution in [0.2, 0.25) is 0 Å². The molecule has 0 aromatic heterocycles. The second-order valence-electron chi connectivity index (χ2n) is 4.25. The van der Waals surface area contributed by atoms with Gasteiger partial charge in [-0.2, -0.15) is 5.26 Å². The molecule has 1 heteroatoms. The summed E-state index contributed by atoms with van der Waals surface area (Å²) in [6.07, 6.45) is 0.817. The van der Waals surface area contributed by atoms with Gasteiger partial charge in [0.05, 0.1) is 11.6 Å². The van der Waals surface area contributed by atoms with Gasteiger partial charge in [0.1, 0.15) is 0 Å². The van der Waals surface area contributed by atoms with Crippen molar-refractivity contribution in [2.24, 2.45) is 5.92 Å². The van der Waals surface area contributed by atoms with Crippen LogP contribution in [0.25, 0.3) is 0 Å². The van der Waals surface area contributed by atoms with E-state index in [0.717, 1.165) is 5.56 Å². The van der Waals surface area contributed by atoms with Crippen LogP contribution in [0.1, 0.15) is 55.0 Å². The Hall–Kier alpha value is -1.55. The molecule has 0 spiro atoms. The van der Waals surface area contributed by atoms with E-state index in [2.05, 4.69) is 6.07 Å². The number of hydrogen-bond acceptors (Lipinski definition) is 1. The third kappa shape index (κ3) is 2.97. The van der Waals surface area contributed by atoms with Crippen molar-refractivity contribution in [2.45, 2.75) is 38.4 Å². The maximum absolute atomic E-state index is 8.82. The molecule has 88 valence electrons. The van der Waals surface area contributed by atoms with E-state index < -0.39 is 18.7 Å². The van der Waals surface area contributed by atoms with Gasteiger partial charge in [0.2, 0.25) is 0 Å². The zero-order valence-electron chi connectivity index (χ0n) is 14.0. The van der Waals surface area contributed by atoms with Gasteiger partial charge in [-0.3, -0.25) is 0 Å². The van der Waals surface area contributed by atoms with Crippen LogP contribution in [-0.4, -0.2) is 0 Å². The maximum atomic E-state index is 8.82. The summed E-state index contributed by atoms with van der Waals surface area (Å²) in [5.74, 6) is -0.881. The summed E-state index contributed by atoms with van der Waals surface area (Å²) in [5.41, 5.74) is 1.47. The first kappa shape index (κ1) is 7.71. The Morgan fingerprint density at radius 3 is 2.47 bits per heavy atom. The fourth-order valence-corrected chi connectivity index (χ4v) is 2.08. The van der Waals surface area contributed by atoms with Crippen LogP contribution in [0.4, 0.5) is 0 Å². The van der Waals surface area contributed by atoms with Gasteiger partial charge in [-0.1, -0.05) is 24.3 Å². The van der Waals surface area contributed by atoms with Gasteiger partial charge in [-0.25, -0.2) is 0 Å². The molecule has 0 bridgehead atoms.